The van der Waals surface area contributed by atoms with E-state index in [1.165, 1.54) is 13.3 Å². The van der Waals surface area contributed by atoms with Gasteiger partial charge in [-0.05, 0) is 47.5 Å². The van der Waals surface area contributed by atoms with Gasteiger partial charge in [0.15, 0.2) is 11.5 Å². The van der Waals surface area contributed by atoms with Crippen LogP contribution < -0.4 is 19.6 Å². The van der Waals surface area contributed by atoms with Gasteiger partial charge in [-0.25, -0.2) is 10.2 Å². The van der Waals surface area contributed by atoms with E-state index in [-0.39, 0.29) is 12.3 Å². The molecule has 0 aliphatic heterocycles. The molecular formula is C24H22N2O5. The van der Waals surface area contributed by atoms with Crippen molar-refractivity contribution in [1.29, 1.82) is 0 Å². The van der Waals surface area contributed by atoms with Gasteiger partial charge in [-0.1, -0.05) is 36.4 Å². The Morgan fingerprint density at radius 2 is 1.68 bits per heavy atom. The molecule has 7 nitrogen and oxygen atoms in total. The molecule has 0 fully saturated rings. The van der Waals surface area contributed by atoms with E-state index in [1.807, 2.05) is 6.07 Å². The SMILES string of the molecule is COc1ccc(CC(=O)NN=Cc2cccc(OC(=O)c3ccccc3)c2)cc1OC. The van der Waals surface area contributed by atoms with Gasteiger partial charge < -0.3 is 14.2 Å². The number of nitrogens with zero attached hydrogens (tertiary/aromatic N) is 1. The van der Waals surface area contributed by atoms with E-state index in [0.29, 0.717) is 28.4 Å². The van der Waals surface area contributed by atoms with Crippen LogP contribution in [0.15, 0.2) is 77.9 Å². The molecule has 0 unspecified atom stereocenters. The zero-order valence-corrected chi connectivity index (χ0v) is 17.2. The number of esters is 1. The summed E-state index contributed by atoms with van der Waals surface area (Å²) in [5, 5.41) is 3.97. The fourth-order valence-electron chi connectivity index (χ4n) is 2.79. The number of ether oxygens (including phenoxy) is 3. The first-order valence-electron chi connectivity index (χ1n) is 9.49. The molecule has 0 heterocycles. The number of carbonyl (C=O) groups is 2. The first-order valence-corrected chi connectivity index (χ1v) is 9.49. The van der Waals surface area contributed by atoms with Crippen LogP contribution in [-0.4, -0.2) is 32.3 Å². The quantitative estimate of drug-likeness (QED) is 0.261. The van der Waals surface area contributed by atoms with E-state index < -0.39 is 5.97 Å². The number of methoxy groups -OCH3 is 2. The molecule has 3 rings (SSSR count). The molecule has 3 aromatic carbocycles. The molecule has 0 bridgehead atoms. The first kappa shape index (κ1) is 21.6. The third kappa shape index (κ3) is 6.17. The van der Waals surface area contributed by atoms with Crippen LogP contribution in [0, 0.1) is 0 Å². The van der Waals surface area contributed by atoms with Crippen LogP contribution in [0.5, 0.6) is 17.2 Å². The normalized spacial score (nSPS) is 10.5. The van der Waals surface area contributed by atoms with Gasteiger partial charge in [0.2, 0.25) is 5.91 Å². The van der Waals surface area contributed by atoms with Crippen LogP contribution in [-0.2, 0) is 11.2 Å². The van der Waals surface area contributed by atoms with Crippen molar-refractivity contribution in [3.63, 3.8) is 0 Å². The minimum atomic E-state index is -0.446. The van der Waals surface area contributed by atoms with Crippen molar-refractivity contribution in [2.45, 2.75) is 6.42 Å². The van der Waals surface area contributed by atoms with Gasteiger partial charge in [0.25, 0.3) is 0 Å². The summed E-state index contributed by atoms with van der Waals surface area (Å²) < 4.78 is 15.8. The number of carbonyl (C=O) groups excluding carboxylic acids is 2. The second-order valence-electron chi connectivity index (χ2n) is 6.49. The molecule has 0 radical (unpaired) electrons. The second kappa shape index (κ2) is 10.6. The number of hydrogen-bond donors (Lipinski definition) is 1. The fourth-order valence-corrected chi connectivity index (χ4v) is 2.79. The lowest BCUT2D eigenvalue weighted by Gasteiger charge is -2.09. The fraction of sp³-hybridized carbons (Fsp3) is 0.125. The minimum Gasteiger partial charge on any atom is -0.493 e. The van der Waals surface area contributed by atoms with E-state index in [9.17, 15) is 9.59 Å². The highest BCUT2D eigenvalue weighted by Crippen LogP contribution is 2.27. The van der Waals surface area contributed by atoms with Crippen LogP contribution >= 0.6 is 0 Å². The molecule has 0 aromatic heterocycles. The summed E-state index contributed by atoms with van der Waals surface area (Å²) in [6, 6.07) is 20.9. The van der Waals surface area contributed by atoms with Gasteiger partial charge >= 0.3 is 5.97 Å². The number of rotatable bonds is 8. The molecule has 3 aromatic rings. The summed E-state index contributed by atoms with van der Waals surface area (Å²) >= 11 is 0. The van der Waals surface area contributed by atoms with Gasteiger partial charge in [-0.2, -0.15) is 5.10 Å². The highest BCUT2D eigenvalue weighted by atomic mass is 16.5. The number of nitrogens with one attached hydrogen (secondary N) is 1. The van der Waals surface area contributed by atoms with Crippen LogP contribution in [0.1, 0.15) is 21.5 Å². The van der Waals surface area contributed by atoms with Crippen LogP contribution in [0.2, 0.25) is 0 Å². The molecule has 0 saturated carbocycles. The summed E-state index contributed by atoms with van der Waals surface area (Å²) in [4.78, 5) is 24.3. The van der Waals surface area contributed by atoms with Crippen molar-refractivity contribution >= 4 is 18.1 Å². The Kier molecular flexibility index (Phi) is 7.37. The average molecular weight is 418 g/mol. The zero-order valence-electron chi connectivity index (χ0n) is 17.2. The Hall–Kier alpha value is -4.13. The largest absolute Gasteiger partial charge is 0.493 e. The van der Waals surface area contributed by atoms with Crippen LogP contribution in [0.4, 0.5) is 0 Å². The first-order chi connectivity index (χ1) is 15.1. The molecule has 1 amide bonds. The van der Waals surface area contributed by atoms with Gasteiger partial charge in [-0.3, -0.25) is 4.79 Å². The average Bonchev–Trinajstić information content (AvgIpc) is 2.79. The Balaban J connectivity index is 1.56. The van der Waals surface area contributed by atoms with Crippen molar-refractivity contribution in [3.05, 3.63) is 89.5 Å². The van der Waals surface area contributed by atoms with Gasteiger partial charge in [0, 0.05) is 0 Å². The molecule has 31 heavy (non-hydrogen) atoms. The highest BCUT2D eigenvalue weighted by molar-refractivity contribution is 5.91. The van der Waals surface area contributed by atoms with Crippen molar-refractivity contribution in [3.8, 4) is 17.2 Å². The number of benzene rings is 3. The predicted molar refractivity (Wildman–Crippen MR) is 117 cm³/mol. The molecule has 0 atom stereocenters. The number of amides is 1. The van der Waals surface area contributed by atoms with Crippen molar-refractivity contribution in [1.82, 2.24) is 5.43 Å². The third-order valence-electron chi connectivity index (χ3n) is 4.29. The Morgan fingerprint density at radius 3 is 2.42 bits per heavy atom. The smallest absolute Gasteiger partial charge is 0.343 e. The lowest BCUT2D eigenvalue weighted by Crippen LogP contribution is -2.19. The summed E-state index contributed by atoms with van der Waals surface area (Å²) in [6.07, 6.45) is 1.61. The Bertz CT molecular complexity index is 1080. The molecule has 0 aliphatic rings. The Labute approximate surface area is 180 Å². The highest BCUT2D eigenvalue weighted by Gasteiger charge is 2.09. The second-order valence-corrected chi connectivity index (χ2v) is 6.49. The number of hydrogen-bond acceptors (Lipinski definition) is 6. The van der Waals surface area contributed by atoms with E-state index in [0.717, 1.165) is 5.56 Å². The van der Waals surface area contributed by atoms with Gasteiger partial charge in [-0.15, -0.1) is 0 Å². The van der Waals surface area contributed by atoms with E-state index in [1.54, 1.807) is 73.8 Å². The monoisotopic (exact) mass is 418 g/mol. The van der Waals surface area contributed by atoms with E-state index in [4.69, 9.17) is 14.2 Å². The molecule has 158 valence electrons. The molecule has 0 spiro atoms. The topological polar surface area (TPSA) is 86.2 Å². The number of hydrazone groups is 1. The van der Waals surface area contributed by atoms with Gasteiger partial charge in [0.1, 0.15) is 5.75 Å². The summed E-state index contributed by atoms with van der Waals surface area (Å²) in [6.45, 7) is 0. The van der Waals surface area contributed by atoms with Crippen molar-refractivity contribution in [2.24, 2.45) is 5.10 Å². The molecule has 0 saturated heterocycles. The third-order valence-corrected chi connectivity index (χ3v) is 4.29. The Morgan fingerprint density at radius 1 is 0.903 bits per heavy atom. The molecule has 1 N–H and O–H groups in total. The maximum absolute atomic E-state index is 12.2. The van der Waals surface area contributed by atoms with Gasteiger partial charge in [0.05, 0.1) is 32.4 Å². The molecule has 7 heteroatoms. The maximum Gasteiger partial charge on any atom is 0.343 e. The summed E-state index contributed by atoms with van der Waals surface area (Å²) in [7, 11) is 3.09. The molecular weight excluding hydrogens is 396 g/mol. The van der Waals surface area contributed by atoms with Crippen LogP contribution in [0.25, 0.3) is 0 Å². The minimum absolute atomic E-state index is 0.131. The van der Waals surface area contributed by atoms with Crippen molar-refractivity contribution in [2.75, 3.05) is 14.2 Å². The standard InChI is InChI=1S/C24H22N2O5/c1-29-21-12-11-17(14-22(21)30-2)15-23(27)26-25-16-18-7-6-10-20(13-18)31-24(28)19-8-4-3-5-9-19/h3-14,16H,15H2,1-2H3,(H,26,27). The lowest BCUT2D eigenvalue weighted by atomic mass is 10.1. The maximum atomic E-state index is 12.2. The van der Waals surface area contributed by atoms with E-state index >= 15 is 0 Å². The predicted octanol–water partition coefficient (Wildman–Crippen LogP) is 3.62. The zero-order chi connectivity index (χ0) is 22.1. The van der Waals surface area contributed by atoms with Crippen LogP contribution in [0.3, 0.4) is 0 Å². The molecule has 0 aliphatic carbocycles. The lowest BCUT2D eigenvalue weighted by molar-refractivity contribution is -0.120. The summed E-state index contributed by atoms with van der Waals surface area (Å²) in [5.74, 6) is 0.804. The van der Waals surface area contributed by atoms with Crippen molar-refractivity contribution < 1.29 is 23.8 Å². The van der Waals surface area contributed by atoms with E-state index in [2.05, 4.69) is 10.5 Å². The summed E-state index contributed by atoms with van der Waals surface area (Å²) in [5.41, 5.74) is 4.38.